The Hall–Kier alpha value is -4.09. The van der Waals surface area contributed by atoms with Crippen LogP contribution in [0.1, 0.15) is 29.5 Å². The third-order valence-corrected chi connectivity index (χ3v) is 7.43. The van der Waals surface area contributed by atoms with Crippen molar-refractivity contribution in [1.29, 1.82) is 0 Å². The van der Waals surface area contributed by atoms with Crippen LogP contribution in [-0.4, -0.2) is 28.7 Å². The first-order chi connectivity index (χ1) is 18.7. The largest absolute Gasteiger partial charge is 0.363 e. The molecule has 1 saturated heterocycles. The van der Waals surface area contributed by atoms with Crippen molar-refractivity contribution >= 4 is 22.7 Å². The van der Waals surface area contributed by atoms with Crippen LogP contribution in [-0.2, 0) is 19.6 Å². The fourth-order valence-electron chi connectivity index (χ4n) is 5.50. The second-order valence-electron chi connectivity index (χ2n) is 10.3. The summed E-state index contributed by atoms with van der Waals surface area (Å²) in [5.74, 6) is 1.02. The Kier molecular flexibility index (Phi) is 7.10. The molecule has 0 aliphatic carbocycles. The van der Waals surface area contributed by atoms with Crippen LogP contribution in [0, 0.1) is 0 Å². The monoisotopic (exact) mass is 501 g/mol. The second kappa shape index (κ2) is 11.1. The number of rotatable bonds is 8. The Balaban J connectivity index is 1.42. The topological polar surface area (TPSA) is 50.3 Å². The fourth-order valence-corrected chi connectivity index (χ4v) is 5.50. The molecule has 192 valence electrons. The number of anilines is 2. The van der Waals surface area contributed by atoms with Crippen LogP contribution in [0.5, 0.6) is 0 Å². The molecule has 2 heterocycles. The zero-order valence-corrected chi connectivity index (χ0v) is 21.8. The van der Waals surface area contributed by atoms with E-state index in [0.717, 1.165) is 62.5 Å². The van der Waals surface area contributed by atoms with Gasteiger partial charge in [0, 0.05) is 37.9 Å². The predicted molar refractivity (Wildman–Crippen MR) is 157 cm³/mol. The molecule has 5 nitrogen and oxygen atoms in total. The van der Waals surface area contributed by atoms with Gasteiger partial charge in [-0.05, 0) is 47.7 Å². The van der Waals surface area contributed by atoms with Crippen molar-refractivity contribution in [2.45, 2.75) is 38.5 Å². The number of piperidine rings is 1. The molecule has 2 N–H and O–H groups in total. The molecule has 1 fully saturated rings. The molecule has 1 aliphatic heterocycles. The molecular formula is C33H35N5. The van der Waals surface area contributed by atoms with Crippen molar-refractivity contribution < 1.29 is 0 Å². The number of imidazole rings is 1. The molecule has 0 spiro atoms. The van der Waals surface area contributed by atoms with E-state index in [4.69, 9.17) is 10.7 Å². The zero-order chi connectivity index (χ0) is 25.7. The Labute approximate surface area is 225 Å². The zero-order valence-electron chi connectivity index (χ0n) is 21.8. The lowest BCUT2D eigenvalue weighted by Gasteiger charge is -2.32. The summed E-state index contributed by atoms with van der Waals surface area (Å²) >= 11 is 0. The Morgan fingerprint density at radius 3 is 1.97 bits per heavy atom. The first kappa shape index (κ1) is 24.3. The van der Waals surface area contributed by atoms with E-state index in [1.165, 1.54) is 22.4 Å². The second-order valence-corrected chi connectivity index (χ2v) is 10.3. The van der Waals surface area contributed by atoms with Crippen LogP contribution in [0.4, 0.5) is 11.6 Å². The lowest BCUT2D eigenvalue weighted by Crippen LogP contribution is -2.44. The van der Waals surface area contributed by atoms with Gasteiger partial charge in [0.05, 0.1) is 17.6 Å². The normalized spacial score (nSPS) is 15.6. The van der Waals surface area contributed by atoms with Gasteiger partial charge in [0.25, 0.3) is 0 Å². The minimum Gasteiger partial charge on any atom is -0.363 e. The quantitative estimate of drug-likeness (QED) is 0.274. The van der Waals surface area contributed by atoms with Crippen molar-refractivity contribution in [1.82, 2.24) is 9.55 Å². The number of hydrogen-bond acceptors (Lipinski definition) is 4. The molecule has 38 heavy (non-hydrogen) atoms. The number of hydrogen-bond donors (Lipinski definition) is 1. The van der Waals surface area contributed by atoms with Gasteiger partial charge in [0.1, 0.15) is 0 Å². The molecule has 5 aromatic rings. The van der Waals surface area contributed by atoms with Gasteiger partial charge in [-0.15, -0.1) is 0 Å². The maximum absolute atomic E-state index is 6.38. The molecule has 0 radical (unpaired) electrons. The number of aromatic nitrogens is 2. The van der Waals surface area contributed by atoms with Crippen LogP contribution < -0.4 is 15.5 Å². The maximum Gasteiger partial charge on any atom is 0.206 e. The van der Waals surface area contributed by atoms with Crippen molar-refractivity contribution in [3.05, 3.63) is 126 Å². The molecule has 0 bridgehead atoms. The molecule has 1 aromatic heterocycles. The van der Waals surface area contributed by atoms with E-state index in [1.807, 2.05) is 0 Å². The highest BCUT2D eigenvalue weighted by Gasteiger charge is 2.23. The van der Waals surface area contributed by atoms with E-state index in [9.17, 15) is 0 Å². The van der Waals surface area contributed by atoms with Crippen LogP contribution in [0.15, 0.2) is 109 Å². The average Bonchev–Trinajstić information content (AvgIpc) is 3.32. The predicted octanol–water partition coefficient (Wildman–Crippen LogP) is 6.22. The summed E-state index contributed by atoms with van der Waals surface area (Å²) in [4.78, 5) is 9.99. The van der Waals surface area contributed by atoms with Gasteiger partial charge in [-0.25, -0.2) is 4.98 Å². The van der Waals surface area contributed by atoms with Gasteiger partial charge in [0.15, 0.2) is 0 Å². The van der Waals surface area contributed by atoms with Crippen LogP contribution in [0.2, 0.25) is 0 Å². The van der Waals surface area contributed by atoms with Gasteiger partial charge in [0.2, 0.25) is 5.95 Å². The summed E-state index contributed by atoms with van der Waals surface area (Å²) in [6, 6.07) is 39.0. The third-order valence-electron chi connectivity index (χ3n) is 7.43. The molecule has 0 amide bonds. The average molecular weight is 502 g/mol. The first-order valence-corrected chi connectivity index (χ1v) is 13.6. The van der Waals surface area contributed by atoms with Crippen molar-refractivity contribution in [3.63, 3.8) is 0 Å². The molecule has 0 unspecified atom stereocenters. The van der Waals surface area contributed by atoms with Gasteiger partial charge < -0.3 is 20.1 Å². The van der Waals surface area contributed by atoms with E-state index in [1.54, 1.807) is 0 Å². The molecule has 5 heteroatoms. The van der Waals surface area contributed by atoms with E-state index >= 15 is 0 Å². The number of fused-ring (bicyclic) bond motifs is 1. The summed E-state index contributed by atoms with van der Waals surface area (Å²) in [5.41, 5.74) is 13.6. The summed E-state index contributed by atoms with van der Waals surface area (Å²) < 4.78 is 2.38. The van der Waals surface area contributed by atoms with Crippen molar-refractivity contribution in [2.75, 3.05) is 22.9 Å². The lowest BCUT2D eigenvalue weighted by molar-refractivity contribution is 0.495. The number of nitrogens with zero attached hydrogens (tertiary/aromatic N) is 4. The standard InChI is InChI=1S/C33H35N5/c34-29-17-10-20-36(25-29)33-35-31-19-18-30(21-32(31)38(33)24-28-15-8-3-9-16-28)37(22-26-11-4-1-5-12-26)23-27-13-6-2-7-14-27/h1-9,11-16,18-19,21,29H,10,17,20,22-25,34H2/t29-/m1/s1. The van der Waals surface area contributed by atoms with Crippen LogP contribution in [0.25, 0.3) is 11.0 Å². The highest BCUT2D eigenvalue weighted by molar-refractivity contribution is 5.83. The van der Waals surface area contributed by atoms with Gasteiger partial charge >= 0.3 is 0 Å². The first-order valence-electron chi connectivity index (χ1n) is 13.6. The number of benzene rings is 4. The summed E-state index contributed by atoms with van der Waals surface area (Å²) in [5, 5.41) is 0. The van der Waals surface area contributed by atoms with Crippen molar-refractivity contribution in [2.24, 2.45) is 5.73 Å². The third kappa shape index (κ3) is 5.43. The van der Waals surface area contributed by atoms with Crippen LogP contribution >= 0.6 is 0 Å². The Morgan fingerprint density at radius 1 is 0.763 bits per heavy atom. The van der Waals surface area contributed by atoms with Gasteiger partial charge in [-0.3, -0.25) is 0 Å². The highest BCUT2D eigenvalue weighted by Crippen LogP contribution is 2.30. The minimum atomic E-state index is 0.191. The van der Waals surface area contributed by atoms with Gasteiger partial charge in [-0.1, -0.05) is 91.0 Å². The van der Waals surface area contributed by atoms with E-state index in [0.29, 0.717) is 0 Å². The van der Waals surface area contributed by atoms with E-state index in [-0.39, 0.29) is 6.04 Å². The molecular weight excluding hydrogens is 466 g/mol. The van der Waals surface area contributed by atoms with E-state index < -0.39 is 0 Å². The smallest absolute Gasteiger partial charge is 0.206 e. The summed E-state index contributed by atoms with van der Waals surface area (Å²) in [7, 11) is 0. The Bertz CT molecular complexity index is 1420. The fraction of sp³-hybridized carbons (Fsp3) is 0.242. The molecule has 1 atom stereocenters. The lowest BCUT2D eigenvalue weighted by atomic mass is 10.1. The van der Waals surface area contributed by atoms with Crippen LogP contribution in [0.3, 0.4) is 0 Å². The SMILES string of the molecule is N[C@@H]1CCCN(c2nc3ccc(N(Cc4ccccc4)Cc4ccccc4)cc3n2Cc2ccccc2)C1. The number of nitrogens with two attached hydrogens (primary N) is 1. The molecule has 6 rings (SSSR count). The molecule has 4 aromatic carbocycles. The van der Waals surface area contributed by atoms with Gasteiger partial charge in [-0.2, -0.15) is 0 Å². The summed E-state index contributed by atoms with van der Waals surface area (Å²) in [6.45, 7) is 4.29. The summed E-state index contributed by atoms with van der Waals surface area (Å²) in [6.07, 6.45) is 2.18. The van der Waals surface area contributed by atoms with Crippen molar-refractivity contribution in [3.8, 4) is 0 Å². The maximum atomic E-state index is 6.38. The molecule has 1 aliphatic rings. The molecule has 0 saturated carbocycles. The minimum absolute atomic E-state index is 0.191. The highest BCUT2D eigenvalue weighted by atomic mass is 15.3. The van der Waals surface area contributed by atoms with E-state index in [2.05, 4.69) is 124 Å². The Morgan fingerprint density at radius 2 is 1.37 bits per heavy atom.